The van der Waals surface area contributed by atoms with Gasteiger partial charge in [-0.3, -0.25) is 9.55 Å². The number of hydrogen-bond donors (Lipinski definition) is 1. The van der Waals surface area contributed by atoms with Gasteiger partial charge in [0.1, 0.15) is 11.6 Å². The van der Waals surface area contributed by atoms with Gasteiger partial charge in [0.05, 0.1) is 39.6 Å². The van der Waals surface area contributed by atoms with E-state index in [-0.39, 0.29) is 5.75 Å². The number of aryl methyl sites for hydroxylation is 2. The van der Waals surface area contributed by atoms with Gasteiger partial charge in [0.15, 0.2) is 0 Å². The second-order valence-electron chi connectivity index (χ2n) is 9.32. The van der Waals surface area contributed by atoms with Gasteiger partial charge in [-0.25, -0.2) is 4.98 Å². The van der Waals surface area contributed by atoms with E-state index in [2.05, 4.69) is 71.9 Å². The summed E-state index contributed by atoms with van der Waals surface area (Å²) in [6, 6.07) is 33.6. The van der Waals surface area contributed by atoms with Crippen molar-refractivity contribution in [3.05, 3.63) is 120 Å². The molecule has 38 heavy (non-hydrogen) atoms. The molecule has 0 spiro atoms. The van der Waals surface area contributed by atoms with Crippen molar-refractivity contribution in [3.63, 3.8) is 0 Å². The number of nitriles is 1. The highest BCUT2D eigenvalue weighted by atomic mass is 16.3. The summed E-state index contributed by atoms with van der Waals surface area (Å²) >= 11 is 0. The van der Waals surface area contributed by atoms with E-state index in [9.17, 15) is 10.4 Å². The van der Waals surface area contributed by atoms with E-state index < -0.39 is 0 Å². The normalized spacial score (nSPS) is 11.0. The molecule has 0 aliphatic rings. The van der Waals surface area contributed by atoms with Crippen molar-refractivity contribution in [3.8, 4) is 51.3 Å². The Balaban J connectivity index is 1.63. The lowest BCUT2D eigenvalue weighted by molar-refractivity contribution is 0.477. The summed E-state index contributed by atoms with van der Waals surface area (Å²) in [4.78, 5) is 9.64. The highest BCUT2D eigenvalue weighted by Gasteiger charge is 2.21. The quantitative estimate of drug-likeness (QED) is 0.275. The van der Waals surface area contributed by atoms with E-state index in [0.29, 0.717) is 17.0 Å². The van der Waals surface area contributed by atoms with Gasteiger partial charge in [-0.15, -0.1) is 0 Å². The Hall–Kier alpha value is -5.21. The molecule has 0 saturated heterocycles. The predicted molar refractivity (Wildman–Crippen MR) is 151 cm³/mol. The first-order chi connectivity index (χ1) is 18.5. The van der Waals surface area contributed by atoms with Crippen molar-refractivity contribution < 1.29 is 5.11 Å². The minimum atomic E-state index is 0.183. The van der Waals surface area contributed by atoms with Crippen LogP contribution in [0.2, 0.25) is 0 Å². The lowest BCUT2D eigenvalue weighted by atomic mass is 10.00. The Kier molecular flexibility index (Phi) is 5.71. The van der Waals surface area contributed by atoms with Gasteiger partial charge >= 0.3 is 0 Å². The number of fused-ring (bicyclic) bond motifs is 1. The molecular weight excluding hydrogens is 468 g/mol. The number of benzene rings is 4. The number of aromatic hydroxyl groups is 1. The molecule has 6 rings (SSSR count). The van der Waals surface area contributed by atoms with Crippen molar-refractivity contribution in [2.75, 3.05) is 0 Å². The van der Waals surface area contributed by atoms with Gasteiger partial charge in [-0.05, 0) is 66.9 Å². The number of para-hydroxylation sites is 3. The van der Waals surface area contributed by atoms with Gasteiger partial charge in [-0.1, -0.05) is 60.7 Å². The number of pyridine rings is 1. The highest BCUT2D eigenvalue weighted by molar-refractivity contribution is 5.96. The third-order valence-electron chi connectivity index (χ3n) is 6.85. The maximum atomic E-state index is 10.8. The van der Waals surface area contributed by atoms with Gasteiger partial charge in [0.2, 0.25) is 0 Å². The van der Waals surface area contributed by atoms with Crippen LogP contribution in [0, 0.1) is 25.2 Å². The summed E-state index contributed by atoms with van der Waals surface area (Å²) in [5.74, 6) is 0.866. The van der Waals surface area contributed by atoms with Gasteiger partial charge in [0, 0.05) is 17.3 Å². The minimum Gasteiger partial charge on any atom is -0.507 e. The maximum absolute atomic E-state index is 10.8. The SMILES string of the molecule is Cc1cccc(C)c1-n1c(-c2ccccc2O)nc2c(-c3cccc(-c4cc(C#N)ccn4)c3)cccc21. The number of rotatable bonds is 4. The van der Waals surface area contributed by atoms with Gasteiger partial charge in [-0.2, -0.15) is 5.26 Å². The fraction of sp³-hybridized carbons (Fsp3) is 0.0606. The van der Waals surface area contributed by atoms with Gasteiger partial charge in [0.25, 0.3) is 0 Å². The van der Waals surface area contributed by atoms with E-state index in [4.69, 9.17) is 4.98 Å². The average Bonchev–Trinajstić information content (AvgIpc) is 3.32. The van der Waals surface area contributed by atoms with E-state index >= 15 is 0 Å². The zero-order valence-corrected chi connectivity index (χ0v) is 21.1. The fourth-order valence-corrected chi connectivity index (χ4v) is 5.06. The molecule has 0 fully saturated rings. The first kappa shape index (κ1) is 23.2. The number of phenols is 1. The Labute approximate surface area is 220 Å². The maximum Gasteiger partial charge on any atom is 0.149 e. The lowest BCUT2D eigenvalue weighted by Crippen LogP contribution is -2.02. The Morgan fingerprint density at radius 1 is 0.763 bits per heavy atom. The van der Waals surface area contributed by atoms with Crippen molar-refractivity contribution >= 4 is 11.0 Å². The number of phenolic OH excluding ortho intramolecular Hbond substituents is 1. The molecule has 0 bridgehead atoms. The molecule has 0 saturated carbocycles. The summed E-state index contributed by atoms with van der Waals surface area (Å²) in [5, 5.41) is 20.1. The zero-order chi connectivity index (χ0) is 26.2. The Bertz CT molecular complexity index is 1860. The predicted octanol–water partition coefficient (Wildman–Crippen LogP) is 7.62. The van der Waals surface area contributed by atoms with Crippen LogP contribution in [-0.4, -0.2) is 19.6 Å². The minimum absolute atomic E-state index is 0.183. The smallest absolute Gasteiger partial charge is 0.149 e. The number of aromatic nitrogens is 3. The van der Waals surface area contributed by atoms with Gasteiger partial charge < -0.3 is 5.11 Å². The lowest BCUT2D eigenvalue weighted by Gasteiger charge is -2.16. The molecule has 0 amide bonds. The molecule has 182 valence electrons. The van der Waals surface area contributed by atoms with E-state index in [0.717, 1.165) is 50.2 Å². The molecule has 6 aromatic rings. The van der Waals surface area contributed by atoms with Crippen LogP contribution in [0.1, 0.15) is 16.7 Å². The molecule has 0 aliphatic carbocycles. The molecule has 0 radical (unpaired) electrons. The van der Waals surface area contributed by atoms with Crippen LogP contribution in [-0.2, 0) is 0 Å². The van der Waals surface area contributed by atoms with Crippen LogP contribution < -0.4 is 0 Å². The van der Waals surface area contributed by atoms with Crippen LogP contribution in [0.4, 0.5) is 0 Å². The monoisotopic (exact) mass is 492 g/mol. The molecular formula is C33H24N4O. The van der Waals surface area contributed by atoms with Crippen molar-refractivity contribution in [2.24, 2.45) is 0 Å². The molecule has 2 heterocycles. The summed E-state index contributed by atoms with van der Waals surface area (Å²) in [5.41, 5.74) is 9.96. The Morgan fingerprint density at radius 2 is 1.47 bits per heavy atom. The molecule has 5 heteroatoms. The first-order valence-corrected chi connectivity index (χ1v) is 12.4. The van der Waals surface area contributed by atoms with Crippen LogP contribution in [0.3, 0.4) is 0 Å². The summed E-state index contributed by atoms with van der Waals surface area (Å²) in [6.07, 6.45) is 1.66. The molecule has 4 aromatic carbocycles. The third-order valence-corrected chi connectivity index (χ3v) is 6.85. The number of nitrogens with zero attached hydrogens (tertiary/aromatic N) is 4. The van der Waals surface area contributed by atoms with Crippen molar-refractivity contribution in [1.29, 1.82) is 5.26 Å². The van der Waals surface area contributed by atoms with E-state index in [1.807, 2.05) is 36.4 Å². The fourth-order valence-electron chi connectivity index (χ4n) is 5.06. The number of imidazole rings is 1. The molecule has 0 unspecified atom stereocenters. The number of hydrogen-bond acceptors (Lipinski definition) is 4. The van der Waals surface area contributed by atoms with Crippen LogP contribution >= 0.6 is 0 Å². The third kappa shape index (κ3) is 3.89. The molecule has 5 nitrogen and oxygen atoms in total. The molecule has 2 aromatic heterocycles. The standard InChI is InChI=1S/C33H24N4O/c1-21-8-5-9-22(2)32(21)37-29-14-7-13-26(31(29)36-33(37)27-12-3-4-15-30(27)38)24-10-6-11-25(19-24)28-18-23(20-34)16-17-35-28/h3-19,38H,1-2H3. The van der Waals surface area contributed by atoms with Crippen molar-refractivity contribution in [2.45, 2.75) is 13.8 Å². The molecule has 1 N–H and O–H groups in total. The second kappa shape index (κ2) is 9.34. The zero-order valence-electron chi connectivity index (χ0n) is 21.1. The topological polar surface area (TPSA) is 74.7 Å². The molecule has 0 aliphatic heterocycles. The average molecular weight is 493 g/mol. The summed E-state index contributed by atoms with van der Waals surface area (Å²) < 4.78 is 2.15. The van der Waals surface area contributed by atoms with Crippen LogP contribution in [0.5, 0.6) is 5.75 Å². The first-order valence-electron chi connectivity index (χ1n) is 12.4. The molecule has 0 atom stereocenters. The van der Waals surface area contributed by atoms with E-state index in [1.165, 1.54) is 0 Å². The second-order valence-corrected chi connectivity index (χ2v) is 9.32. The van der Waals surface area contributed by atoms with E-state index in [1.54, 1.807) is 24.4 Å². The largest absolute Gasteiger partial charge is 0.507 e. The summed E-state index contributed by atoms with van der Waals surface area (Å²) in [6.45, 7) is 4.19. The Morgan fingerprint density at radius 3 is 2.26 bits per heavy atom. The van der Waals surface area contributed by atoms with Crippen LogP contribution in [0.15, 0.2) is 103 Å². The highest BCUT2D eigenvalue weighted by Crippen LogP contribution is 2.39. The van der Waals surface area contributed by atoms with Crippen LogP contribution in [0.25, 0.3) is 50.5 Å². The van der Waals surface area contributed by atoms with Crippen molar-refractivity contribution in [1.82, 2.24) is 14.5 Å². The summed E-state index contributed by atoms with van der Waals surface area (Å²) in [7, 11) is 0.